The molecule has 0 radical (unpaired) electrons. The Labute approximate surface area is 155 Å². The van der Waals surface area contributed by atoms with Crippen LogP contribution < -0.4 is 0 Å². The predicted octanol–water partition coefficient (Wildman–Crippen LogP) is 4.22. The molecule has 132 valence electrons. The van der Waals surface area contributed by atoms with Crippen molar-refractivity contribution in [3.8, 4) is 28.5 Å². The molecule has 0 bridgehead atoms. The lowest BCUT2D eigenvalue weighted by molar-refractivity contribution is 0.181. The van der Waals surface area contributed by atoms with Crippen LogP contribution in [0, 0.1) is 17.1 Å². The SMILES string of the molecule is COCc1ccn2c(-c3ccc(F)c(-c4ccccc4C#N)c3)cnc2n1. The van der Waals surface area contributed by atoms with Crippen LogP contribution in [0.1, 0.15) is 11.3 Å². The number of aromatic nitrogens is 3. The van der Waals surface area contributed by atoms with Gasteiger partial charge in [0.25, 0.3) is 0 Å². The Bertz CT molecular complexity index is 1180. The summed E-state index contributed by atoms with van der Waals surface area (Å²) in [6.45, 7) is 0.407. The van der Waals surface area contributed by atoms with Gasteiger partial charge in [0.15, 0.2) is 0 Å². The van der Waals surface area contributed by atoms with Gasteiger partial charge >= 0.3 is 0 Å². The standard InChI is InChI=1S/C21H15FN4O/c1-27-13-16-8-9-26-20(12-24-21(26)25-16)14-6-7-19(22)18(10-14)17-5-3-2-4-15(17)11-23/h2-10,12H,13H2,1H3. The highest BCUT2D eigenvalue weighted by molar-refractivity contribution is 5.76. The van der Waals surface area contributed by atoms with Crippen LogP contribution in [0.4, 0.5) is 4.39 Å². The van der Waals surface area contributed by atoms with Crippen LogP contribution in [0.2, 0.25) is 0 Å². The van der Waals surface area contributed by atoms with Crippen LogP contribution in [-0.4, -0.2) is 21.5 Å². The summed E-state index contributed by atoms with van der Waals surface area (Å²) >= 11 is 0. The Kier molecular flexibility index (Phi) is 4.37. The van der Waals surface area contributed by atoms with E-state index in [0.717, 1.165) is 17.0 Å². The first-order valence-electron chi connectivity index (χ1n) is 8.32. The third-order valence-electron chi connectivity index (χ3n) is 4.33. The second-order valence-electron chi connectivity index (χ2n) is 6.02. The number of benzene rings is 2. The van der Waals surface area contributed by atoms with E-state index < -0.39 is 0 Å². The number of hydrogen-bond acceptors (Lipinski definition) is 4. The first-order valence-corrected chi connectivity index (χ1v) is 8.32. The van der Waals surface area contributed by atoms with E-state index in [0.29, 0.717) is 29.1 Å². The highest BCUT2D eigenvalue weighted by Crippen LogP contribution is 2.31. The van der Waals surface area contributed by atoms with Crippen molar-refractivity contribution in [2.75, 3.05) is 7.11 Å². The second kappa shape index (κ2) is 6.98. The number of nitrogens with zero attached hydrogens (tertiary/aromatic N) is 4. The third kappa shape index (κ3) is 3.05. The molecule has 0 amide bonds. The van der Waals surface area contributed by atoms with E-state index in [-0.39, 0.29) is 5.82 Å². The number of imidazole rings is 1. The molecule has 4 rings (SSSR count). The summed E-state index contributed by atoms with van der Waals surface area (Å²) in [6, 6.07) is 15.8. The van der Waals surface area contributed by atoms with Crippen LogP contribution in [0.25, 0.3) is 28.2 Å². The van der Waals surface area contributed by atoms with Crippen molar-refractivity contribution >= 4 is 5.78 Å². The van der Waals surface area contributed by atoms with E-state index in [1.807, 2.05) is 16.7 Å². The average molecular weight is 358 g/mol. The van der Waals surface area contributed by atoms with E-state index in [9.17, 15) is 9.65 Å². The molecule has 6 heteroatoms. The number of methoxy groups -OCH3 is 1. The molecule has 2 aromatic heterocycles. The van der Waals surface area contributed by atoms with Gasteiger partial charge in [-0.3, -0.25) is 4.40 Å². The zero-order chi connectivity index (χ0) is 18.8. The van der Waals surface area contributed by atoms with Crippen LogP contribution >= 0.6 is 0 Å². The molecular formula is C21H15FN4O. The molecule has 0 aliphatic heterocycles. The fraction of sp³-hybridized carbons (Fsp3) is 0.0952. The van der Waals surface area contributed by atoms with Gasteiger partial charge in [0.05, 0.1) is 35.8 Å². The van der Waals surface area contributed by atoms with Crippen molar-refractivity contribution in [1.82, 2.24) is 14.4 Å². The molecule has 0 atom stereocenters. The third-order valence-corrected chi connectivity index (χ3v) is 4.33. The number of nitriles is 1. The zero-order valence-electron chi connectivity index (χ0n) is 14.6. The topological polar surface area (TPSA) is 63.2 Å². The highest BCUT2D eigenvalue weighted by atomic mass is 19.1. The fourth-order valence-corrected chi connectivity index (χ4v) is 3.06. The Morgan fingerprint density at radius 2 is 2.00 bits per heavy atom. The minimum atomic E-state index is -0.379. The maximum atomic E-state index is 14.5. The Hall–Kier alpha value is -3.56. The van der Waals surface area contributed by atoms with Crippen LogP contribution in [0.5, 0.6) is 0 Å². The molecule has 2 heterocycles. The van der Waals surface area contributed by atoms with E-state index in [1.54, 1.807) is 49.7 Å². The zero-order valence-corrected chi connectivity index (χ0v) is 14.6. The molecule has 0 N–H and O–H groups in total. The maximum Gasteiger partial charge on any atom is 0.234 e. The summed E-state index contributed by atoms with van der Waals surface area (Å²) in [5.41, 5.74) is 3.73. The van der Waals surface area contributed by atoms with Crippen molar-refractivity contribution in [2.45, 2.75) is 6.61 Å². The van der Waals surface area contributed by atoms with E-state index >= 15 is 0 Å². The van der Waals surface area contributed by atoms with Gasteiger partial charge < -0.3 is 4.74 Å². The molecule has 4 aromatic rings. The molecule has 5 nitrogen and oxygen atoms in total. The van der Waals surface area contributed by atoms with Gasteiger partial charge in [-0.2, -0.15) is 5.26 Å². The molecule has 2 aromatic carbocycles. The van der Waals surface area contributed by atoms with Gasteiger partial charge in [0.1, 0.15) is 5.82 Å². The van der Waals surface area contributed by atoms with Gasteiger partial charge in [0, 0.05) is 30.0 Å². The lowest BCUT2D eigenvalue weighted by Gasteiger charge is -2.09. The lowest BCUT2D eigenvalue weighted by Crippen LogP contribution is -1.97. The highest BCUT2D eigenvalue weighted by Gasteiger charge is 2.14. The molecule has 0 unspecified atom stereocenters. The van der Waals surface area contributed by atoms with Crippen molar-refractivity contribution in [3.63, 3.8) is 0 Å². The summed E-state index contributed by atoms with van der Waals surface area (Å²) in [6.07, 6.45) is 3.57. The summed E-state index contributed by atoms with van der Waals surface area (Å²) in [5.74, 6) is 0.165. The number of ether oxygens (including phenoxy) is 1. The van der Waals surface area contributed by atoms with E-state index in [2.05, 4.69) is 16.0 Å². The first kappa shape index (κ1) is 16.9. The summed E-state index contributed by atoms with van der Waals surface area (Å²) in [5, 5.41) is 9.33. The molecule has 0 saturated heterocycles. The Morgan fingerprint density at radius 1 is 1.15 bits per heavy atom. The summed E-state index contributed by atoms with van der Waals surface area (Å²) in [7, 11) is 1.61. The molecule has 0 spiro atoms. The fourth-order valence-electron chi connectivity index (χ4n) is 3.06. The molecule has 0 saturated carbocycles. The average Bonchev–Trinajstić information content (AvgIpc) is 3.12. The molecule has 0 aliphatic rings. The minimum absolute atomic E-state index is 0.378. The van der Waals surface area contributed by atoms with Gasteiger partial charge in [-0.1, -0.05) is 18.2 Å². The number of rotatable bonds is 4. The van der Waals surface area contributed by atoms with Gasteiger partial charge in [-0.05, 0) is 30.3 Å². The summed E-state index contributed by atoms with van der Waals surface area (Å²) in [4.78, 5) is 8.79. The number of hydrogen-bond donors (Lipinski definition) is 0. The van der Waals surface area contributed by atoms with Gasteiger partial charge in [0.2, 0.25) is 5.78 Å². The molecule has 0 aliphatic carbocycles. The second-order valence-corrected chi connectivity index (χ2v) is 6.02. The molecule has 0 fully saturated rings. The quantitative estimate of drug-likeness (QED) is 0.548. The van der Waals surface area contributed by atoms with Crippen molar-refractivity contribution in [2.24, 2.45) is 0 Å². The van der Waals surface area contributed by atoms with Crippen molar-refractivity contribution in [1.29, 1.82) is 5.26 Å². The smallest absolute Gasteiger partial charge is 0.234 e. The normalized spacial score (nSPS) is 10.9. The van der Waals surface area contributed by atoms with Gasteiger partial charge in [-0.25, -0.2) is 14.4 Å². The molecular weight excluding hydrogens is 343 g/mol. The maximum absolute atomic E-state index is 14.5. The van der Waals surface area contributed by atoms with Crippen molar-refractivity contribution < 1.29 is 9.13 Å². The van der Waals surface area contributed by atoms with Crippen LogP contribution in [0.3, 0.4) is 0 Å². The number of fused-ring (bicyclic) bond motifs is 1. The van der Waals surface area contributed by atoms with Crippen LogP contribution in [-0.2, 0) is 11.3 Å². The predicted molar refractivity (Wildman–Crippen MR) is 99.2 cm³/mol. The van der Waals surface area contributed by atoms with Crippen LogP contribution in [0.15, 0.2) is 60.9 Å². The van der Waals surface area contributed by atoms with Crippen molar-refractivity contribution in [3.05, 3.63) is 78.0 Å². The lowest BCUT2D eigenvalue weighted by atomic mass is 9.97. The number of halogens is 1. The van der Waals surface area contributed by atoms with E-state index in [4.69, 9.17) is 4.74 Å². The monoisotopic (exact) mass is 358 g/mol. The Balaban J connectivity index is 1.84. The largest absolute Gasteiger partial charge is 0.378 e. The van der Waals surface area contributed by atoms with Gasteiger partial charge in [-0.15, -0.1) is 0 Å². The minimum Gasteiger partial charge on any atom is -0.378 e. The molecule has 27 heavy (non-hydrogen) atoms. The summed E-state index contributed by atoms with van der Waals surface area (Å²) < 4.78 is 21.4. The Morgan fingerprint density at radius 3 is 2.81 bits per heavy atom. The van der Waals surface area contributed by atoms with E-state index in [1.165, 1.54) is 6.07 Å². The first-order chi connectivity index (χ1) is 13.2.